The van der Waals surface area contributed by atoms with Gasteiger partial charge in [0.15, 0.2) is 6.61 Å². The van der Waals surface area contributed by atoms with Crippen LogP contribution in [0.1, 0.15) is 13.8 Å². The van der Waals surface area contributed by atoms with E-state index in [1.54, 1.807) is 6.07 Å². The first kappa shape index (κ1) is 14.6. The Morgan fingerprint density at radius 2 is 2.22 bits per heavy atom. The third kappa shape index (κ3) is 4.11. The molecule has 0 aromatic heterocycles. The molecule has 18 heavy (non-hydrogen) atoms. The SMILES string of the molecule is CC(C)COC(=O)N1CSCC1C(=O)OCC#N. The fourth-order valence-electron chi connectivity index (χ4n) is 1.34. The molecule has 0 N–H and O–H groups in total. The van der Waals surface area contributed by atoms with Crippen LogP contribution in [0.5, 0.6) is 0 Å². The molecule has 6 nitrogen and oxygen atoms in total. The first-order valence-corrected chi connectivity index (χ1v) is 6.76. The van der Waals surface area contributed by atoms with Crippen molar-refractivity contribution in [2.45, 2.75) is 19.9 Å². The molecule has 100 valence electrons. The van der Waals surface area contributed by atoms with E-state index in [1.807, 2.05) is 13.8 Å². The van der Waals surface area contributed by atoms with Crippen LogP contribution in [0.25, 0.3) is 0 Å². The van der Waals surface area contributed by atoms with Crippen LogP contribution >= 0.6 is 11.8 Å². The van der Waals surface area contributed by atoms with Gasteiger partial charge in [0.25, 0.3) is 0 Å². The van der Waals surface area contributed by atoms with Gasteiger partial charge in [0.2, 0.25) is 0 Å². The minimum atomic E-state index is -0.650. The molecule has 1 heterocycles. The molecule has 0 aromatic carbocycles. The van der Waals surface area contributed by atoms with Crippen LogP contribution in [0.2, 0.25) is 0 Å². The maximum absolute atomic E-state index is 11.8. The van der Waals surface area contributed by atoms with Crippen LogP contribution < -0.4 is 0 Å². The highest BCUT2D eigenvalue weighted by Gasteiger charge is 2.36. The van der Waals surface area contributed by atoms with Gasteiger partial charge in [-0.25, -0.2) is 9.59 Å². The predicted molar refractivity (Wildman–Crippen MR) is 65.7 cm³/mol. The van der Waals surface area contributed by atoms with Crippen molar-refractivity contribution in [2.75, 3.05) is 24.8 Å². The average molecular weight is 272 g/mol. The lowest BCUT2D eigenvalue weighted by Crippen LogP contribution is -2.43. The van der Waals surface area contributed by atoms with Crippen LogP contribution in [-0.4, -0.2) is 47.8 Å². The second-order valence-corrected chi connectivity index (χ2v) is 5.22. The Morgan fingerprint density at radius 1 is 1.50 bits per heavy atom. The largest absolute Gasteiger partial charge is 0.449 e. The normalized spacial score (nSPS) is 18.6. The number of carbonyl (C=O) groups is 2. The van der Waals surface area contributed by atoms with Crippen molar-refractivity contribution in [2.24, 2.45) is 5.92 Å². The lowest BCUT2D eigenvalue weighted by molar-refractivity contribution is -0.146. The topological polar surface area (TPSA) is 79.6 Å². The number of esters is 1. The molecule has 1 aliphatic heterocycles. The van der Waals surface area contributed by atoms with Crippen molar-refractivity contribution in [3.63, 3.8) is 0 Å². The summed E-state index contributed by atoms with van der Waals surface area (Å²) in [5.41, 5.74) is 0. The number of amides is 1. The van der Waals surface area contributed by atoms with Gasteiger partial charge in [-0.1, -0.05) is 13.8 Å². The van der Waals surface area contributed by atoms with Gasteiger partial charge in [0, 0.05) is 5.75 Å². The van der Waals surface area contributed by atoms with Gasteiger partial charge in [-0.05, 0) is 5.92 Å². The van der Waals surface area contributed by atoms with E-state index in [-0.39, 0.29) is 12.5 Å². The van der Waals surface area contributed by atoms with Gasteiger partial charge < -0.3 is 9.47 Å². The molecule has 0 aliphatic carbocycles. The van der Waals surface area contributed by atoms with Gasteiger partial charge in [0.1, 0.15) is 12.1 Å². The number of nitriles is 1. The standard InChI is InChI=1S/C11H16N2O4S/c1-8(2)5-17-11(15)13-7-18-6-9(13)10(14)16-4-3-12/h8-9H,4-7H2,1-2H3. The number of hydrogen-bond acceptors (Lipinski definition) is 6. The van der Waals surface area contributed by atoms with Gasteiger partial charge in [-0.15, -0.1) is 11.8 Å². The number of thioether (sulfide) groups is 1. The molecule has 1 unspecified atom stereocenters. The van der Waals surface area contributed by atoms with E-state index in [1.165, 1.54) is 16.7 Å². The molecule has 1 fully saturated rings. The third-order valence-corrected chi connectivity index (χ3v) is 3.22. The van der Waals surface area contributed by atoms with Gasteiger partial charge in [-0.3, -0.25) is 4.90 Å². The van der Waals surface area contributed by atoms with Crippen molar-refractivity contribution < 1.29 is 19.1 Å². The number of rotatable bonds is 4. The molecule has 7 heteroatoms. The molecule has 0 bridgehead atoms. The molecule has 1 atom stereocenters. The third-order valence-electron chi connectivity index (χ3n) is 2.21. The summed E-state index contributed by atoms with van der Waals surface area (Å²) in [7, 11) is 0. The summed E-state index contributed by atoms with van der Waals surface area (Å²) in [5.74, 6) is 0.570. The highest BCUT2D eigenvalue weighted by molar-refractivity contribution is 7.99. The zero-order valence-corrected chi connectivity index (χ0v) is 11.2. The van der Waals surface area contributed by atoms with Crippen molar-refractivity contribution in [3.8, 4) is 6.07 Å². The minimum absolute atomic E-state index is 0.244. The number of carbonyl (C=O) groups excluding carboxylic acids is 2. The minimum Gasteiger partial charge on any atom is -0.449 e. The smallest absolute Gasteiger partial charge is 0.411 e. The molecular formula is C11H16N2O4S. The maximum Gasteiger partial charge on any atom is 0.411 e. The van der Waals surface area contributed by atoms with Crippen molar-refractivity contribution in [3.05, 3.63) is 0 Å². The number of ether oxygens (including phenoxy) is 2. The molecular weight excluding hydrogens is 256 g/mol. The summed E-state index contributed by atoms with van der Waals surface area (Å²) < 4.78 is 9.79. The van der Waals surface area contributed by atoms with E-state index >= 15 is 0 Å². The van der Waals surface area contributed by atoms with E-state index in [2.05, 4.69) is 0 Å². The molecule has 0 spiro atoms. The summed E-state index contributed by atoms with van der Waals surface area (Å²) in [6.07, 6.45) is -0.507. The van der Waals surface area contributed by atoms with E-state index in [0.717, 1.165) is 0 Å². The lowest BCUT2D eigenvalue weighted by Gasteiger charge is -2.21. The van der Waals surface area contributed by atoms with E-state index < -0.39 is 18.1 Å². The quantitative estimate of drug-likeness (QED) is 0.716. The average Bonchev–Trinajstić information content (AvgIpc) is 2.82. The van der Waals surface area contributed by atoms with E-state index in [9.17, 15) is 9.59 Å². The van der Waals surface area contributed by atoms with Crippen LogP contribution in [0, 0.1) is 17.2 Å². The van der Waals surface area contributed by atoms with E-state index in [4.69, 9.17) is 14.7 Å². The summed E-state index contributed by atoms with van der Waals surface area (Å²) in [6.45, 7) is 3.89. The first-order valence-electron chi connectivity index (χ1n) is 5.61. The van der Waals surface area contributed by atoms with Gasteiger partial charge in [0.05, 0.1) is 12.5 Å². The molecule has 0 radical (unpaired) electrons. The highest BCUT2D eigenvalue weighted by Crippen LogP contribution is 2.22. The van der Waals surface area contributed by atoms with Crippen LogP contribution in [0.15, 0.2) is 0 Å². The first-order chi connectivity index (χ1) is 8.56. The Morgan fingerprint density at radius 3 is 2.83 bits per heavy atom. The second kappa shape index (κ2) is 7.11. The van der Waals surface area contributed by atoms with Gasteiger partial charge >= 0.3 is 12.1 Å². The molecule has 0 saturated carbocycles. The zero-order chi connectivity index (χ0) is 13.5. The second-order valence-electron chi connectivity index (χ2n) is 4.22. The summed E-state index contributed by atoms with van der Waals surface area (Å²) in [6, 6.07) is 1.07. The summed E-state index contributed by atoms with van der Waals surface area (Å²) >= 11 is 1.46. The van der Waals surface area contributed by atoms with Gasteiger partial charge in [-0.2, -0.15) is 5.26 Å². The Labute approximate surface area is 110 Å². The molecule has 1 saturated heterocycles. The predicted octanol–water partition coefficient (Wildman–Crippen LogP) is 1.22. The summed E-state index contributed by atoms with van der Waals surface area (Å²) in [4.78, 5) is 24.7. The van der Waals surface area contributed by atoms with Crippen LogP contribution in [0.4, 0.5) is 4.79 Å². The lowest BCUT2D eigenvalue weighted by atomic mass is 10.2. The molecule has 1 amide bonds. The summed E-state index contributed by atoms with van der Waals surface area (Å²) in [5, 5.41) is 8.34. The molecule has 1 aliphatic rings. The monoisotopic (exact) mass is 272 g/mol. The Kier molecular flexibility index (Phi) is 5.78. The Bertz CT molecular complexity index is 353. The molecule has 0 aromatic rings. The Balaban J connectivity index is 2.51. The fraction of sp³-hybridized carbons (Fsp3) is 0.727. The highest BCUT2D eigenvalue weighted by atomic mass is 32.2. The number of hydrogen-bond donors (Lipinski definition) is 0. The Hall–Kier alpha value is -1.42. The van der Waals surface area contributed by atoms with E-state index in [0.29, 0.717) is 18.2 Å². The molecule has 1 rings (SSSR count). The zero-order valence-electron chi connectivity index (χ0n) is 10.4. The van der Waals surface area contributed by atoms with Crippen LogP contribution in [-0.2, 0) is 14.3 Å². The van der Waals surface area contributed by atoms with Crippen molar-refractivity contribution in [1.82, 2.24) is 4.90 Å². The van der Waals surface area contributed by atoms with Crippen molar-refractivity contribution >= 4 is 23.8 Å². The van der Waals surface area contributed by atoms with Crippen molar-refractivity contribution in [1.29, 1.82) is 5.26 Å². The van der Waals surface area contributed by atoms with Crippen LogP contribution in [0.3, 0.4) is 0 Å². The fourth-order valence-corrected chi connectivity index (χ4v) is 2.47. The number of nitrogens with zero attached hydrogens (tertiary/aromatic N) is 2. The maximum atomic E-state index is 11.8.